The molecular weight excluding hydrogens is 356 g/mol. The van der Waals surface area contributed by atoms with E-state index in [4.69, 9.17) is 0 Å². The third-order valence-electron chi connectivity index (χ3n) is 3.21. The van der Waals surface area contributed by atoms with Gasteiger partial charge in [0.15, 0.2) is 0 Å². The van der Waals surface area contributed by atoms with Gasteiger partial charge >= 0.3 is 0 Å². The molecule has 1 aromatic heterocycles. The van der Waals surface area contributed by atoms with Crippen LogP contribution in [0.2, 0.25) is 0 Å². The zero-order valence-electron chi connectivity index (χ0n) is 13.3. The fraction of sp³-hybridized carbons (Fsp3) is 0.294. The van der Waals surface area contributed by atoms with Gasteiger partial charge in [-0.05, 0) is 63.5 Å². The number of nitrogens with zero attached hydrogens (tertiary/aromatic N) is 2. The van der Waals surface area contributed by atoms with Crippen molar-refractivity contribution in [1.82, 2.24) is 9.88 Å². The lowest BCUT2D eigenvalue weighted by molar-refractivity contribution is 0.102. The summed E-state index contributed by atoms with van der Waals surface area (Å²) in [7, 11) is 4.11. The lowest BCUT2D eigenvalue weighted by Crippen LogP contribution is -2.17. The van der Waals surface area contributed by atoms with Crippen LogP contribution in [0.3, 0.4) is 0 Å². The van der Waals surface area contributed by atoms with Gasteiger partial charge in [0.1, 0.15) is 5.69 Å². The van der Waals surface area contributed by atoms with Crippen LogP contribution in [0, 0.1) is 0 Å². The Hall–Kier alpha value is -1.92. The van der Waals surface area contributed by atoms with Crippen LogP contribution in [-0.4, -0.2) is 43.0 Å². The minimum atomic E-state index is -0.218. The Labute approximate surface area is 145 Å². The van der Waals surface area contributed by atoms with E-state index in [2.05, 4.69) is 50.5 Å². The molecule has 6 heteroatoms. The molecule has 122 valence electrons. The topological polar surface area (TPSA) is 57.3 Å². The van der Waals surface area contributed by atoms with E-state index in [0.717, 1.165) is 35.4 Å². The van der Waals surface area contributed by atoms with E-state index < -0.39 is 0 Å². The van der Waals surface area contributed by atoms with E-state index in [1.165, 1.54) is 0 Å². The van der Waals surface area contributed by atoms with Gasteiger partial charge in [-0.25, -0.2) is 0 Å². The van der Waals surface area contributed by atoms with Crippen LogP contribution in [0.4, 0.5) is 11.4 Å². The van der Waals surface area contributed by atoms with Crippen LogP contribution in [0.15, 0.2) is 47.1 Å². The fourth-order valence-electron chi connectivity index (χ4n) is 2.02. The van der Waals surface area contributed by atoms with E-state index in [-0.39, 0.29) is 5.91 Å². The smallest absolute Gasteiger partial charge is 0.274 e. The van der Waals surface area contributed by atoms with Crippen LogP contribution < -0.4 is 10.6 Å². The molecule has 0 radical (unpaired) electrons. The highest BCUT2D eigenvalue weighted by atomic mass is 79.9. The van der Waals surface area contributed by atoms with E-state index in [0.29, 0.717) is 5.69 Å². The number of aromatic nitrogens is 1. The predicted molar refractivity (Wildman–Crippen MR) is 98.0 cm³/mol. The van der Waals surface area contributed by atoms with Crippen LogP contribution in [-0.2, 0) is 0 Å². The molecule has 0 unspecified atom stereocenters. The Kier molecular flexibility index (Phi) is 6.55. The van der Waals surface area contributed by atoms with Gasteiger partial charge in [-0.2, -0.15) is 0 Å². The highest BCUT2D eigenvalue weighted by Gasteiger charge is 2.08. The van der Waals surface area contributed by atoms with Crippen molar-refractivity contribution in [3.05, 3.63) is 52.8 Å². The molecule has 0 aliphatic rings. The number of carbonyl (C=O) groups excluding carboxylic acids is 1. The first kappa shape index (κ1) is 17.4. The van der Waals surface area contributed by atoms with Crippen LogP contribution >= 0.6 is 15.9 Å². The number of carbonyl (C=O) groups is 1. The van der Waals surface area contributed by atoms with Gasteiger partial charge in [0.2, 0.25) is 0 Å². The standard InChI is InChI=1S/C17H21BrN4O/c1-22(2)11-3-9-19-15-8-10-20-16(12-15)17(23)21-14-6-4-13(18)5-7-14/h4-8,10,12H,3,9,11H2,1-2H3,(H,19,20)(H,21,23). The summed E-state index contributed by atoms with van der Waals surface area (Å²) in [4.78, 5) is 18.5. The first-order chi connectivity index (χ1) is 11.0. The first-order valence-electron chi connectivity index (χ1n) is 7.46. The average Bonchev–Trinajstić information content (AvgIpc) is 2.54. The van der Waals surface area contributed by atoms with Crippen molar-refractivity contribution >= 4 is 33.2 Å². The molecule has 1 heterocycles. The summed E-state index contributed by atoms with van der Waals surface area (Å²) in [6.07, 6.45) is 2.68. The SMILES string of the molecule is CN(C)CCCNc1ccnc(C(=O)Nc2ccc(Br)cc2)c1. The molecule has 0 bridgehead atoms. The minimum Gasteiger partial charge on any atom is -0.385 e. The Morgan fingerprint density at radius 2 is 1.91 bits per heavy atom. The van der Waals surface area contributed by atoms with Gasteiger partial charge in [-0.15, -0.1) is 0 Å². The van der Waals surface area contributed by atoms with Gasteiger partial charge in [-0.1, -0.05) is 15.9 Å². The van der Waals surface area contributed by atoms with E-state index >= 15 is 0 Å². The maximum Gasteiger partial charge on any atom is 0.274 e. The molecule has 1 amide bonds. The molecule has 0 atom stereocenters. The zero-order chi connectivity index (χ0) is 16.7. The number of amides is 1. The molecule has 0 spiro atoms. The number of hydrogen-bond donors (Lipinski definition) is 2. The number of hydrogen-bond acceptors (Lipinski definition) is 4. The number of benzene rings is 1. The molecule has 2 aromatic rings. The lowest BCUT2D eigenvalue weighted by Gasteiger charge is -2.11. The Morgan fingerprint density at radius 3 is 2.61 bits per heavy atom. The quantitative estimate of drug-likeness (QED) is 0.726. The second-order valence-corrected chi connectivity index (χ2v) is 6.39. The van der Waals surface area contributed by atoms with Crippen molar-refractivity contribution in [2.45, 2.75) is 6.42 Å². The van der Waals surface area contributed by atoms with Gasteiger partial charge in [0, 0.05) is 28.6 Å². The minimum absolute atomic E-state index is 0.218. The van der Waals surface area contributed by atoms with E-state index in [9.17, 15) is 4.79 Å². The molecule has 23 heavy (non-hydrogen) atoms. The van der Waals surface area contributed by atoms with Crippen LogP contribution in [0.1, 0.15) is 16.9 Å². The molecule has 0 saturated heterocycles. The Morgan fingerprint density at radius 1 is 1.17 bits per heavy atom. The molecule has 0 fully saturated rings. The van der Waals surface area contributed by atoms with Crippen molar-refractivity contribution in [3.8, 4) is 0 Å². The Bertz CT molecular complexity index is 643. The lowest BCUT2D eigenvalue weighted by atomic mass is 10.2. The third kappa shape index (κ3) is 6.00. The third-order valence-corrected chi connectivity index (χ3v) is 3.73. The largest absolute Gasteiger partial charge is 0.385 e. The molecule has 2 rings (SSSR count). The van der Waals surface area contributed by atoms with Gasteiger partial charge in [0.05, 0.1) is 0 Å². The monoisotopic (exact) mass is 376 g/mol. The summed E-state index contributed by atoms with van der Waals surface area (Å²) in [6, 6.07) is 11.1. The molecule has 0 saturated carbocycles. The van der Waals surface area contributed by atoms with Gasteiger partial charge < -0.3 is 15.5 Å². The number of nitrogens with one attached hydrogen (secondary N) is 2. The van der Waals surface area contributed by atoms with E-state index in [1.807, 2.05) is 30.3 Å². The maximum absolute atomic E-state index is 12.3. The van der Waals surface area contributed by atoms with Crippen molar-refractivity contribution in [3.63, 3.8) is 0 Å². The highest BCUT2D eigenvalue weighted by Crippen LogP contribution is 2.15. The maximum atomic E-state index is 12.3. The summed E-state index contributed by atoms with van der Waals surface area (Å²) in [6.45, 7) is 1.88. The molecule has 1 aromatic carbocycles. The fourth-order valence-corrected chi connectivity index (χ4v) is 2.29. The normalized spacial score (nSPS) is 10.6. The average molecular weight is 377 g/mol. The number of anilines is 2. The number of pyridine rings is 1. The molecule has 5 nitrogen and oxygen atoms in total. The molecule has 0 aliphatic heterocycles. The number of rotatable bonds is 7. The zero-order valence-corrected chi connectivity index (χ0v) is 14.9. The van der Waals surface area contributed by atoms with Crippen LogP contribution in [0.25, 0.3) is 0 Å². The Balaban J connectivity index is 1.92. The highest BCUT2D eigenvalue weighted by molar-refractivity contribution is 9.10. The van der Waals surface area contributed by atoms with Crippen molar-refractivity contribution < 1.29 is 4.79 Å². The summed E-state index contributed by atoms with van der Waals surface area (Å²) >= 11 is 3.37. The molecule has 2 N–H and O–H groups in total. The summed E-state index contributed by atoms with van der Waals surface area (Å²) in [5, 5.41) is 6.15. The van der Waals surface area contributed by atoms with Crippen molar-refractivity contribution in [1.29, 1.82) is 0 Å². The van der Waals surface area contributed by atoms with Crippen molar-refractivity contribution in [2.75, 3.05) is 37.8 Å². The summed E-state index contributed by atoms with van der Waals surface area (Å²) < 4.78 is 0.970. The summed E-state index contributed by atoms with van der Waals surface area (Å²) in [5.74, 6) is -0.218. The van der Waals surface area contributed by atoms with Crippen LogP contribution in [0.5, 0.6) is 0 Å². The molecular formula is C17H21BrN4O. The van der Waals surface area contributed by atoms with E-state index in [1.54, 1.807) is 12.3 Å². The van der Waals surface area contributed by atoms with Crippen molar-refractivity contribution in [2.24, 2.45) is 0 Å². The predicted octanol–water partition coefficient (Wildman–Crippen LogP) is 3.46. The second kappa shape index (κ2) is 8.64. The molecule has 0 aliphatic carbocycles. The van der Waals surface area contributed by atoms with Gasteiger partial charge in [-0.3, -0.25) is 9.78 Å². The van der Waals surface area contributed by atoms with Gasteiger partial charge in [0.25, 0.3) is 5.91 Å². The summed E-state index contributed by atoms with van der Waals surface area (Å²) in [5.41, 5.74) is 2.04. The number of halogens is 1. The second-order valence-electron chi connectivity index (χ2n) is 5.47. The first-order valence-corrected chi connectivity index (χ1v) is 8.25.